The van der Waals surface area contributed by atoms with Crippen LogP contribution in [-0.2, 0) is 6.54 Å². The molecule has 1 heterocycles. The van der Waals surface area contributed by atoms with E-state index in [0.717, 1.165) is 30.7 Å². The maximum Gasteiger partial charge on any atom is 0.0741 e. The highest BCUT2D eigenvalue weighted by molar-refractivity contribution is 5.80. The van der Waals surface area contributed by atoms with Crippen LogP contribution < -0.4 is 5.32 Å². The van der Waals surface area contributed by atoms with Crippen molar-refractivity contribution in [2.45, 2.75) is 26.8 Å². The first-order valence-corrected chi connectivity index (χ1v) is 7.53. The van der Waals surface area contributed by atoms with Crippen molar-refractivity contribution < 1.29 is 0 Å². The Labute approximate surface area is 125 Å². The molecule has 3 nitrogen and oxygen atoms in total. The fraction of sp³-hybridized carbons (Fsp3) is 0.278. The Balaban J connectivity index is 1.92. The van der Waals surface area contributed by atoms with E-state index in [-0.39, 0.29) is 0 Å². The molecule has 0 radical (unpaired) electrons. The van der Waals surface area contributed by atoms with Crippen molar-refractivity contribution in [3.05, 3.63) is 59.8 Å². The molecular formula is C18H21N3. The molecule has 0 spiro atoms. The number of aromatic nitrogens is 2. The van der Waals surface area contributed by atoms with Crippen LogP contribution in [0.4, 0.5) is 0 Å². The summed E-state index contributed by atoms with van der Waals surface area (Å²) in [5, 5.41) is 9.14. The lowest BCUT2D eigenvalue weighted by atomic mass is 10.1. The molecule has 2 aromatic carbocycles. The van der Waals surface area contributed by atoms with Gasteiger partial charge in [0, 0.05) is 11.9 Å². The highest BCUT2D eigenvalue weighted by atomic mass is 15.3. The minimum absolute atomic E-state index is 0.925. The summed E-state index contributed by atoms with van der Waals surface area (Å²) in [5.74, 6) is 0. The third-order valence-corrected chi connectivity index (χ3v) is 3.72. The average Bonchev–Trinajstić information content (AvgIpc) is 2.92. The molecule has 0 saturated heterocycles. The van der Waals surface area contributed by atoms with Gasteiger partial charge in [0.1, 0.15) is 0 Å². The topological polar surface area (TPSA) is 29.9 Å². The zero-order valence-electron chi connectivity index (χ0n) is 12.6. The van der Waals surface area contributed by atoms with Gasteiger partial charge >= 0.3 is 0 Å². The van der Waals surface area contributed by atoms with Gasteiger partial charge in [0.15, 0.2) is 0 Å². The molecule has 0 unspecified atom stereocenters. The number of aryl methyl sites for hydroxylation is 1. The Morgan fingerprint density at radius 2 is 2.00 bits per heavy atom. The SMILES string of the molecule is CCCNCc1ccc(-n2ncc3ccccc32)c(C)c1. The van der Waals surface area contributed by atoms with Crippen molar-refractivity contribution in [2.24, 2.45) is 0 Å². The molecule has 0 aliphatic heterocycles. The summed E-state index contributed by atoms with van der Waals surface area (Å²) in [6.45, 7) is 6.32. The van der Waals surface area contributed by atoms with Crippen molar-refractivity contribution in [1.82, 2.24) is 15.1 Å². The molecule has 3 aromatic rings. The first kappa shape index (κ1) is 13.8. The third kappa shape index (κ3) is 2.83. The number of hydrogen-bond acceptors (Lipinski definition) is 2. The van der Waals surface area contributed by atoms with Crippen LogP contribution in [0, 0.1) is 6.92 Å². The molecule has 21 heavy (non-hydrogen) atoms. The predicted octanol–water partition coefficient (Wildman–Crippen LogP) is 3.83. The van der Waals surface area contributed by atoms with E-state index in [2.05, 4.69) is 60.7 Å². The lowest BCUT2D eigenvalue weighted by Gasteiger charge is -2.10. The molecular weight excluding hydrogens is 258 g/mol. The summed E-state index contributed by atoms with van der Waals surface area (Å²) in [6, 6.07) is 14.9. The number of hydrogen-bond donors (Lipinski definition) is 1. The van der Waals surface area contributed by atoms with Crippen molar-refractivity contribution in [3.8, 4) is 5.69 Å². The number of rotatable bonds is 5. The smallest absolute Gasteiger partial charge is 0.0741 e. The van der Waals surface area contributed by atoms with Crippen molar-refractivity contribution >= 4 is 10.9 Å². The third-order valence-electron chi connectivity index (χ3n) is 3.72. The molecule has 1 N–H and O–H groups in total. The molecule has 0 aliphatic carbocycles. The summed E-state index contributed by atoms with van der Waals surface area (Å²) >= 11 is 0. The van der Waals surface area contributed by atoms with Gasteiger partial charge in [-0.2, -0.15) is 5.10 Å². The van der Waals surface area contributed by atoms with E-state index < -0.39 is 0 Å². The van der Waals surface area contributed by atoms with Crippen LogP contribution in [-0.4, -0.2) is 16.3 Å². The Morgan fingerprint density at radius 1 is 1.14 bits per heavy atom. The summed E-state index contributed by atoms with van der Waals surface area (Å²) in [5.41, 5.74) is 4.87. The van der Waals surface area contributed by atoms with Crippen LogP contribution in [0.1, 0.15) is 24.5 Å². The van der Waals surface area contributed by atoms with Gasteiger partial charge in [-0.25, -0.2) is 4.68 Å². The molecule has 0 saturated carbocycles. The molecule has 0 bridgehead atoms. The van der Waals surface area contributed by atoms with E-state index >= 15 is 0 Å². The Hall–Kier alpha value is -2.13. The maximum absolute atomic E-state index is 4.53. The molecule has 108 valence electrons. The van der Waals surface area contributed by atoms with Gasteiger partial charge in [0.2, 0.25) is 0 Å². The van der Waals surface area contributed by atoms with Crippen LogP contribution in [0.2, 0.25) is 0 Å². The Kier molecular flexibility index (Phi) is 4.02. The molecule has 3 heteroatoms. The summed E-state index contributed by atoms with van der Waals surface area (Å²) in [7, 11) is 0. The van der Waals surface area contributed by atoms with Gasteiger partial charge in [-0.3, -0.25) is 0 Å². The number of nitrogens with one attached hydrogen (secondary N) is 1. The summed E-state index contributed by atoms with van der Waals surface area (Å²) in [6.07, 6.45) is 3.09. The van der Waals surface area contributed by atoms with Crippen LogP contribution in [0.3, 0.4) is 0 Å². The zero-order chi connectivity index (χ0) is 14.7. The summed E-state index contributed by atoms with van der Waals surface area (Å²) in [4.78, 5) is 0. The first-order chi connectivity index (χ1) is 10.3. The van der Waals surface area contributed by atoms with Crippen molar-refractivity contribution in [1.29, 1.82) is 0 Å². The van der Waals surface area contributed by atoms with Gasteiger partial charge in [0.25, 0.3) is 0 Å². The molecule has 0 aliphatic rings. The van der Waals surface area contributed by atoms with E-state index in [1.165, 1.54) is 16.5 Å². The normalized spacial score (nSPS) is 11.1. The van der Waals surface area contributed by atoms with Crippen LogP contribution in [0.5, 0.6) is 0 Å². The van der Waals surface area contributed by atoms with Gasteiger partial charge < -0.3 is 5.32 Å². The van der Waals surface area contributed by atoms with E-state index in [1.54, 1.807) is 0 Å². The molecule has 0 fully saturated rings. The van der Waals surface area contributed by atoms with Gasteiger partial charge in [-0.05, 0) is 43.1 Å². The molecule has 0 atom stereocenters. The predicted molar refractivity (Wildman–Crippen MR) is 87.8 cm³/mol. The van der Waals surface area contributed by atoms with Crippen LogP contribution in [0.15, 0.2) is 48.7 Å². The van der Waals surface area contributed by atoms with E-state index in [4.69, 9.17) is 0 Å². The second-order valence-corrected chi connectivity index (χ2v) is 5.41. The van der Waals surface area contributed by atoms with Gasteiger partial charge in [0.05, 0.1) is 17.4 Å². The summed E-state index contributed by atoms with van der Waals surface area (Å²) < 4.78 is 2.02. The largest absolute Gasteiger partial charge is 0.313 e. The highest BCUT2D eigenvalue weighted by Crippen LogP contribution is 2.21. The second-order valence-electron chi connectivity index (χ2n) is 5.41. The zero-order valence-corrected chi connectivity index (χ0v) is 12.6. The standard InChI is InChI=1S/C18H21N3/c1-3-10-19-12-15-8-9-17(14(2)11-15)21-18-7-5-4-6-16(18)13-20-21/h4-9,11,13,19H,3,10,12H2,1-2H3. The van der Waals surface area contributed by atoms with E-state index in [9.17, 15) is 0 Å². The van der Waals surface area contributed by atoms with Crippen molar-refractivity contribution in [2.75, 3.05) is 6.54 Å². The van der Waals surface area contributed by atoms with Crippen LogP contribution >= 0.6 is 0 Å². The molecule has 1 aromatic heterocycles. The maximum atomic E-state index is 4.53. The average molecular weight is 279 g/mol. The van der Waals surface area contributed by atoms with Crippen LogP contribution in [0.25, 0.3) is 16.6 Å². The van der Waals surface area contributed by atoms with E-state index in [1.807, 2.05) is 16.9 Å². The first-order valence-electron chi connectivity index (χ1n) is 7.53. The number of nitrogens with zero attached hydrogens (tertiary/aromatic N) is 2. The Bertz CT molecular complexity index is 743. The highest BCUT2D eigenvalue weighted by Gasteiger charge is 2.07. The minimum atomic E-state index is 0.925. The quantitative estimate of drug-likeness (QED) is 0.719. The Morgan fingerprint density at radius 3 is 2.81 bits per heavy atom. The number of benzene rings is 2. The van der Waals surface area contributed by atoms with Gasteiger partial charge in [-0.15, -0.1) is 0 Å². The van der Waals surface area contributed by atoms with Crippen molar-refractivity contribution in [3.63, 3.8) is 0 Å². The van der Waals surface area contributed by atoms with E-state index in [0.29, 0.717) is 0 Å². The molecule has 0 amide bonds. The number of fused-ring (bicyclic) bond motifs is 1. The minimum Gasteiger partial charge on any atom is -0.313 e. The lowest BCUT2D eigenvalue weighted by molar-refractivity contribution is 0.675. The van der Waals surface area contributed by atoms with Gasteiger partial charge in [-0.1, -0.05) is 37.3 Å². The fourth-order valence-electron chi connectivity index (χ4n) is 2.64. The number of para-hydroxylation sites is 1. The second kappa shape index (κ2) is 6.10. The monoisotopic (exact) mass is 279 g/mol. The molecule has 3 rings (SSSR count). The fourth-order valence-corrected chi connectivity index (χ4v) is 2.64. The lowest BCUT2D eigenvalue weighted by Crippen LogP contribution is -2.14.